The van der Waals surface area contributed by atoms with Crippen molar-refractivity contribution in [2.75, 3.05) is 6.61 Å². The predicted molar refractivity (Wildman–Crippen MR) is 97.4 cm³/mol. The lowest BCUT2D eigenvalue weighted by molar-refractivity contribution is -0.201. The number of hydrogen-bond donors (Lipinski definition) is 2. The van der Waals surface area contributed by atoms with Crippen LogP contribution in [0.25, 0.3) is 10.4 Å². The first-order chi connectivity index (χ1) is 12.0. The SMILES string of the molecule is Cc1cn([C@H]2C[C@H](N=[N+]=[N-])[C@@H](COP(=O)([O-])C(Cl)(Cl)Cl)O2)c(=O)[nH]c1=O.[NH4+]. The van der Waals surface area contributed by atoms with Crippen LogP contribution in [0.3, 0.4) is 0 Å². The van der Waals surface area contributed by atoms with Crippen molar-refractivity contribution >= 4 is 42.4 Å². The van der Waals surface area contributed by atoms with Gasteiger partial charge in [0, 0.05) is 23.1 Å². The molecule has 1 saturated heterocycles. The molecule has 1 aliphatic heterocycles. The van der Waals surface area contributed by atoms with Crippen molar-refractivity contribution in [3.05, 3.63) is 43.0 Å². The van der Waals surface area contributed by atoms with Crippen LogP contribution in [0.5, 0.6) is 0 Å². The third kappa shape index (κ3) is 5.47. The number of nitrogens with zero attached hydrogens (tertiary/aromatic N) is 4. The van der Waals surface area contributed by atoms with Crippen LogP contribution in [0.4, 0.5) is 0 Å². The Kier molecular flexibility index (Phi) is 7.95. The van der Waals surface area contributed by atoms with Crippen LogP contribution in [0.15, 0.2) is 20.9 Å². The maximum Gasteiger partial charge on any atom is 0.330 e. The number of ether oxygens (including phenoxy) is 1. The second-order valence-electron chi connectivity index (χ2n) is 5.38. The predicted octanol–water partition coefficient (Wildman–Crippen LogP) is 2.09. The molecule has 0 amide bonds. The number of alkyl halides is 3. The lowest BCUT2D eigenvalue weighted by atomic mass is 10.1. The van der Waals surface area contributed by atoms with Crippen LogP contribution in [0.2, 0.25) is 0 Å². The Balaban J connectivity index is 0.00000364. The van der Waals surface area contributed by atoms with Crippen molar-refractivity contribution in [1.82, 2.24) is 15.7 Å². The highest BCUT2D eigenvalue weighted by Crippen LogP contribution is 2.59. The molecule has 0 radical (unpaired) electrons. The molecule has 16 heteroatoms. The zero-order chi connectivity index (χ0) is 19.7. The summed E-state index contributed by atoms with van der Waals surface area (Å²) in [7, 11) is -4.87. The normalized spacial score (nSPS) is 24.6. The van der Waals surface area contributed by atoms with Gasteiger partial charge in [0.15, 0.2) is 7.60 Å². The molecule has 12 nitrogen and oxygen atoms in total. The van der Waals surface area contributed by atoms with E-state index in [0.29, 0.717) is 0 Å². The van der Waals surface area contributed by atoms with Gasteiger partial charge < -0.3 is 24.9 Å². The summed E-state index contributed by atoms with van der Waals surface area (Å²) in [6.07, 6.45) is -0.617. The van der Waals surface area contributed by atoms with E-state index in [1.54, 1.807) is 0 Å². The Hall–Kier alpha value is -1.07. The Morgan fingerprint density at radius 1 is 1.56 bits per heavy atom. The molecule has 0 aromatic carbocycles. The molecule has 152 valence electrons. The first-order valence-corrected chi connectivity index (χ1v) is 9.68. The van der Waals surface area contributed by atoms with Crippen LogP contribution < -0.4 is 22.3 Å². The zero-order valence-electron chi connectivity index (χ0n) is 14.0. The topological polar surface area (TPSA) is 199 Å². The fraction of sp³-hybridized carbons (Fsp3) is 0.636. The molecule has 0 saturated carbocycles. The van der Waals surface area contributed by atoms with Gasteiger partial charge in [0.2, 0.25) is 0 Å². The molecule has 0 spiro atoms. The van der Waals surface area contributed by atoms with Gasteiger partial charge in [-0.1, -0.05) is 39.9 Å². The molecule has 1 aromatic heterocycles. The van der Waals surface area contributed by atoms with Crippen LogP contribution in [-0.4, -0.2) is 31.8 Å². The summed E-state index contributed by atoms with van der Waals surface area (Å²) in [5.41, 5.74) is 7.63. The van der Waals surface area contributed by atoms with Gasteiger partial charge in [-0.15, -0.1) is 0 Å². The van der Waals surface area contributed by atoms with Gasteiger partial charge in [0.1, 0.15) is 6.23 Å². The number of hydrogen-bond acceptors (Lipinski definition) is 7. The molecule has 27 heavy (non-hydrogen) atoms. The maximum absolute atomic E-state index is 11.9. The Bertz CT molecular complexity index is 894. The highest BCUT2D eigenvalue weighted by atomic mass is 35.6. The highest BCUT2D eigenvalue weighted by Gasteiger charge is 2.40. The van der Waals surface area contributed by atoms with E-state index in [-0.39, 0.29) is 18.1 Å². The van der Waals surface area contributed by atoms with E-state index in [1.807, 2.05) is 0 Å². The second kappa shape index (κ2) is 8.95. The van der Waals surface area contributed by atoms with Crippen molar-refractivity contribution in [2.45, 2.75) is 35.3 Å². The van der Waals surface area contributed by atoms with E-state index in [1.165, 1.54) is 13.1 Å². The maximum atomic E-state index is 11.9. The average Bonchev–Trinajstić information content (AvgIpc) is 2.91. The fourth-order valence-corrected chi connectivity index (χ4v) is 3.20. The molecule has 1 unspecified atom stereocenters. The van der Waals surface area contributed by atoms with Gasteiger partial charge in [-0.05, 0) is 12.5 Å². The standard InChI is InChI=1S/C11H13Cl3N5O6P.H3N/c1-5-3-19(10(21)16-9(5)20)8-2-6(17-18-15)7(25-8)4-24-26(22,23)11(12,13)14;/h3,6-8H,2,4H2,1H3,(H,22,23)(H,16,20,21);1H3/t6-,7+,8+;/m0./s1. The minimum absolute atomic E-state index is 0. The summed E-state index contributed by atoms with van der Waals surface area (Å²) in [6, 6.07) is -0.848. The molecule has 1 fully saturated rings. The third-order valence-corrected chi connectivity index (χ3v) is 6.55. The van der Waals surface area contributed by atoms with Crippen molar-refractivity contribution in [2.24, 2.45) is 5.11 Å². The fourth-order valence-electron chi connectivity index (χ4n) is 2.27. The molecule has 1 aliphatic rings. The van der Waals surface area contributed by atoms with Gasteiger partial charge in [0.05, 0.1) is 18.8 Å². The molecule has 2 rings (SSSR count). The molecule has 5 N–H and O–H groups in total. The summed E-state index contributed by atoms with van der Waals surface area (Å²) in [5, 5.41) is 3.51. The lowest BCUT2D eigenvalue weighted by Crippen LogP contribution is -2.33. The summed E-state index contributed by atoms with van der Waals surface area (Å²) in [5.74, 6) is 0. The summed E-state index contributed by atoms with van der Waals surface area (Å²) in [4.78, 5) is 39.9. The average molecular weight is 466 g/mol. The van der Waals surface area contributed by atoms with Gasteiger partial charge >= 0.3 is 5.69 Å². The number of aromatic amines is 1. The van der Waals surface area contributed by atoms with E-state index in [0.717, 1.165) is 4.57 Å². The van der Waals surface area contributed by atoms with Crippen LogP contribution >= 0.6 is 42.4 Å². The number of nitrogens with one attached hydrogen (secondary N) is 1. The van der Waals surface area contributed by atoms with E-state index < -0.39 is 47.4 Å². The van der Waals surface area contributed by atoms with Gasteiger partial charge in [-0.2, -0.15) is 0 Å². The summed E-state index contributed by atoms with van der Waals surface area (Å²) < 4.78 is 20.4. The monoisotopic (exact) mass is 464 g/mol. The molecule has 0 aliphatic carbocycles. The van der Waals surface area contributed by atoms with E-state index >= 15 is 0 Å². The lowest BCUT2D eigenvalue weighted by Gasteiger charge is -2.31. The number of azide groups is 1. The number of aromatic nitrogens is 2. The summed E-state index contributed by atoms with van der Waals surface area (Å²) >= 11 is 15.9. The highest BCUT2D eigenvalue weighted by molar-refractivity contribution is 7.60. The van der Waals surface area contributed by atoms with Crippen LogP contribution in [0, 0.1) is 6.92 Å². The first-order valence-electron chi connectivity index (χ1n) is 7.00. The second-order valence-corrected chi connectivity index (χ2v) is 10.4. The van der Waals surface area contributed by atoms with Gasteiger partial charge in [-0.25, -0.2) is 4.79 Å². The third-order valence-electron chi connectivity index (χ3n) is 3.58. The molecule has 0 bridgehead atoms. The first kappa shape index (κ1) is 24.0. The van der Waals surface area contributed by atoms with E-state index in [2.05, 4.69) is 19.5 Å². The molecule has 4 atom stereocenters. The number of halogens is 3. The molecule has 2 heterocycles. The van der Waals surface area contributed by atoms with Gasteiger partial charge in [-0.3, -0.25) is 14.3 Å². The van der Waals surface area contributed by atoms with Crippen LogP contribution in [-0.2, 0) is 13.8 Å². The number of H-pyrrole nitrogens is 1. The Labute approximate surface area is 167 Å². The Morgan fingerprint density at radius 2 is 2.19 bits per heavy atom. The zero-order valence-corrected chi connectivity index (χ0v) is 17.2. The minimum Gasteiger partial charge on any atom is -0.775 e. The molecular weight excluding hydrogens is 449 g/mol. The quantitative estimate of drug-likeness (QED) is 0.219. The van der Waals surface area contributed by atoms with E-state index in [4.69, 9.17) is 45.1 Å². The van der Waals surface area contributed by atoms with Crippen molar-refractivity contribution in [3.63, 3.8) is 0 Å². The van der Waals surface area contributed by atoms with Crippen molar-refractivity contribution in [1.29, 1.82) is 0 Å². The van der Waals surface area contributed by atoms with Crippen molar-refractivity contribution in [3.8, 4) is 0 Å². The minimum atomic E-state index is -4.87. The number of quaternary nitrogens is 1. The van der Waals surface area contributed by atoms with Gasteiger partial charge in [0.25, 0.3) is 9.09 Å². The van der Waals surface area contributed by atoms with E-state index in [9.17, 15) is 19.0 Å². The van der Waals surface area contributed by atoms with Crippen molar-refractivity contribution < 1.29 is 18.7 Å². The Morgan fingerprint density at radius 3 is 2.74 bits per heavy atom. The molecular formula is C11H16Cl3N6O6P. The smallest absolute Gasteiger partial charge is 0.330 e. The molecule has 1 aromatic rings. The largest absolute Gasteiger partial charge is 0.775 e. The summed E-state index contributed by atoms with van der Waals surface area (Å²) in [6.45, 7) is 0.899. The number of aryl methyl sites for hydroxylation is 1. The van der Waals surface area contributed by atoms with Crippen LogP contribution in [0.1, 0.15) is 18.2 Å². The number of rotatable bonds is 5.